The lowest BCUT2D eigenvalue weighted by Gasteiger charge is -2.34. The number of hydrogen-bond donors (Lipinski definition) is 2. The van der Waals surface area contributed by atoms with Gasteiger partial charge in [-0.15, -0.1) is 6.58 Å². The topological polar surface area (TPSA) is 114 Å². The number of sulfonamides is 1. The number of methoxy groups -OCH3 is 1. The SMILES string of the molecule is C=CCNC(=O)C(=O)NC[C@H]1OCCCN1S(=O)(=O)c1ccc(OC)cc1. The van der Waals surface area contributed by atoms with Crippen molar-refractivity contribution in [2.24, 2.45) is 0 Å². The van der Waals surface area contributed by atoms with E-state index in [1.165, 1.54) is 29.6 Å². The Morgan fingerprint density at radius 1 is 1.30 bits per heavy atom. The second-order valence-electron chi connectivity index (χ2n) is 5.68. The fourth-order valence-electron chi connectivity index (χ4n) is 2.49. The van der Waals surface area contributed by atoms with E-state index in [0.717, 1.165) is 0 Å². The molecule has 1 saturated heterocycles. The summed E-state index contributed by atoms with van der Waals surface area (Å²) in [7, 11) is -2.34. The van der Waals surface area contributed by atoms with Gasteiger partial charge in [0.2, 0.25) is 10.0 Å². The first-order chi connectivity index (χ1) is 12.9. The molecule has 0 bridgehead atoms. The molecule has 0 saturated carbocycles. The van der Waals surface area contributed by atoms with Gasteiger partial charge in [0.1, 0.15) is 12.0 Å². The molecule has 2 rings (SSSR count). The number of hydrogen-bond acceptors (Lipinski definition) is 6. The van der Waals surface area contributed by atoms with Gasteiger partial charge in [0.05, 0.1) is 25.2 Å². The lowest BCUT2D eigenvalue weighted by molar-refractivity contribution is -0.140. The van der Waals surface area contributed by atoms with Gasteiger partial charge in [0.15, 0.2) is 0 Å². The van der Waals surface area contributed by atoms with Crippen LogP contribution < -0.4 is 15.4 Å². The van der Waals surface area contributed by atoms with Crippen LogP contribution in [0, 0.1) is 0 Å². The molecule has 9 nitrogen and oxygen atoms in total. The minimum Gasteiger partial charge on any atom is -0.497 e. The van der Waals surface area contributed by atoms with E-state index in [1.54, 1.807) is 12.1 Å². The zero-order chi connectivity index (χ0) is 19.9. The number of rotatable bonds is 7. The molecule has 1 aliphatic heterocycles. The summed E-state index contributed by atoms with van der Waals surface area (Å²) in [5.74, 6) is -1.15. The van der Waals surface area contributed by atoms with Crippen molar-refractivity contribution in [3.05, 3.63) is 36.9 Å². The van der Waals surface area contributed by atoms with E-state index in [9.17, 15) is 18.0 Å². The van der Waals surface area contributed by atoms with E-state index in [-0.39, 0.29) is 24.5 Å². The minimum absolute atomic E-state index is 0.0915. The van der Waals surface area contributed by atoms with Crippen LogP contribution in [0.2, 0.25) is 0 Å². The van der Waals surface area contributed by atoms with Crippen LogP contribution in [0.25, 0.3) is 0 Å². The predicted molar refractivity (Wildman–Crippen MR) is 97.5 cm³/mol. The number of carbonyl (C=O) groups is 2. The second-order valence-corrected chi connectivity index (χ2v) is 7.57. The zero-order valence-electron chi connectivity index (χ0n) is 15.0. The largest absolute Gasteiger partial charge is 0.497 e. The van der Waals surface area contributed by atoms with Crippen molar-refractivity contribution >= 4 is 21.8 Å². The quantitative estimate of drug-likeness (QED) is 0.489. The van der Waals surface area contributed by atoms with E-state index in [1.807, 2.05) is 0 Å². The van der Waals surface area contributed by atoms with Gasteiger partial charge in [-0.25, -0.2) is 8.42 Å². The van der Waals surface area contributed by atoms with Crippen LogP contribution in [0.5, 0.6) is 5.75 Å². The smallest absolute Gasteiger partial charge is 0.309 e. The molecular weight excluding hydrogens is 374 g/mol. The monoisotopic (exact) mass is 397 g/mol. The molecule has 0 unspecified atom stereocenters. The normalized spacial score (nSPS) is 17.7. The summed E-state index contributed by atoms with van der Waals surface area (Å²) in [5.41, 5.74) is 0. The average Bonchev–Trinajstić information content (AvgIpc) is 2.70. The van der Waals surface area contributed by atoms with Crippen molar-refractivity contribution in [3.63, 3.8) is 0 Å². The summed E-state index contributed by atoms with van der Waals surface area (Å²) in [6.07, 6.45) is 1.07. The Kier molecular flexibility index (Phi) is 7.34. The maximum atomic E-state index is 12.9. The predicted octanol–water partition coefficient (Wildman–Crippen LogP) is -0.149. The summed E-state index contributed by atoms with van der Waals surface area (Å²) >= 11 is 0. The third kappa shape index (κ3) is 5.28. The Bertz CT molecular complexity index is 778. The van der Waals surface area contributed by atoms with Gasteiger partial charge in [-0.2, -0.15) is 4.31 Å². The van der Waals surface area contributed by atoms with Crippen molar-refractivity contribution in [2.45, 2.75) is 17.5 Å². The molecule has 2 amide bonds. The summed E-state index contributed by atoms with van der Waals surface area (Å²) in [6.45, 7) is 4.06. The Labute approximate surface area is 158 Å². The fraction of sp³-hybridized carbons (Fsp3) is 0.412. The molecule has 1 atom stereocenters. The molecule has 0 spiro atoms. The van der Waals surface area contributed by atoms with Gasteiger partial charge in [-0.05, 0) is 30.7 Å². The molecular formula is C17H23N3O6S. The van der Waals surface area contributed by atoms with Crippen molar-refractivity contribution in [1.82, 2.24) is 14.9 Å². The fourth-order valence-corrected chi connectivity index (χ4v) is 4.06. The van der Waals surface area contributed by atoms with E-state index in [4.69, 9.17) is 9.47 Å². The van der Waals surface area contributed by atoms with Crippen molar-refractivity contribution < 1.29 is 27.5 Å². The van der Waals surface area contributed by atoms with Crippen LogP contribution in [0.4, 0.5) is 0 Å². The molecule has 1 heterocycles. The number of ether oxygens (including phenoxy) is 2. The second kappa shape index (κ2) is 9.49. The number of benzene rings is 1. The standard InChI is InChI=1S/C17H23N3O6S/c1-3-9-18-16(21)17(22)19-12-15-20(10-4-11-26-15)27(23,24)14-7-5-13(25-2)6-8-14/h3,5-8,15H,1,4,9-12H2,2H3,(H,18,21)(H,19,22)/t15-/m1/s1. The first kappa shape index (κ1) is 20.9. The molecule has 1 fully saturated rings. The first-order valence-electron chi connectivity index (χ1n) is 8.34. The van der Waals surface area contributed by atoms with E-state index in [0.29, 0.717) is 18.8 Å². The summed E-state index contributed by atoms with van der Waals surface area (Å²) in [6, 6.07) is 6.00. The van der Waals surface area contributed by atoms with Gasteiger partial charge in [-0.3, -0.25) is 9.59 Å². The van der Waals surface area contributed by atoms with Crippen LogP contribution in [0.15, 0.2) is 41.8 Å². The molecule has 1 aromatic carbocycles. The van der Waals surface area contributed by atoms with Crippen molar-refractivity contribution in [2.75, 3.05) is 33.4 Å². The summed E-state index contributed by atoms with van der Waals surface area (Å²) in [4.78, 5) is 23.5. The Hall–Kier alpha value is -2.43. The molecule has 148 valence electrons. The van der Waals surface area contributed by atoms with Crippen LogP contribution in [0.1, 0.15) is 6.42 Å². The molecule has 10 heteroatoms. The average molecular weight is 397 g/mol. The maximum absolute atomic E-state index is 12.9. The van der Waals surface area contributed by atoms with E-state index >= 15 is 0 Å². The lowest BCUT2D eigenvalue weighted by Crippen LogP contribution is -2.53. The van der Waals surface area contributed by atoms with Crippen LogP contribution in [-0.4, -0.2) is 64.1 Å². The van der Waals surface area contributed by atoms with E-state index in [2.05, 4.69) is 17.2 Å². The summed E-state index contributed by atoms with van der Waals surface area (Å²) in [5, 5.41) is 4.74. The van der Waals surface area contributed by atoms with Gasteiger partial charge >= 0.3 is 11.8 Å². The number of nitrogens with one attached hydrogen (secondary N) is 2. The van der Waals surface area contributed by atoms with Crippen LogP contribution in [0.3, 0.4) is 0 Å². The lowest BCUT2D eigenvalue weighted by atomic mass is 10.3. The molecule has 1 aliphatic rings. The van der Waals surface area contributed by atoms with E-state index < -0.39 is 28.1 Å². The maximum Gasteiger partial charge on any atom is 0.309 e. The highest BCUT2D eigenvalue weighted by atomic mass is 32.2. The Balaban J connectivity index is 2.08. The molecule has 1 aromatic rings. The number of amides is 2. The highest BCUT2D eigenvalue weighted by Crippen LogP contribution is 2.23. The molecule has 2 N–H and O–H groups in total. The first-order valence-corrected chi connectivity index (χ1v) is 9.78. The van der Waals surface area contributed by atoms with Gasteiger partial charge in [0.25, 0.3) is 0 Å². The summed E-state index contributed by atoms with van der Waals surface area (Å²) < 4.78 is 37.6. The van der Waals surface area contributed by atoms with Gasteiger partial charge < -0.3 is 20.1 Å². The van der Waals surface area contributed by atoms with Gasteiger partial charge in [-0.1, -0.05) is 6.08 Å². The van der Waals surface area contributed by atoms with Crippen LogP contribution in [-0.2, 0) is 24.3 Å². The Morgan fingerprint density at radius 3 is 2.59 bits per heavy atom. The third-order valence-corrected chi connectivity index (χ3v) is 5.77. The highest BCUT2D eigenvalue weighted by molar-refractivity contribution is 7.89. The number of carbonyl (C=O) groups excluding carboxylic acids is 2. The van der Waals surface area contributed by atoms with Crippen molar-refractivity contribution in [3.8, 4) is 5.75 Å². The molecule has 0 aliphatic carbocycles. The molecule has 0 aromatic heterocycles. The molecule has 0 radical (unpaired) electrons. The van der Waals surface area contributed by atoms with Crippen molar-refractivity contribution in [1.29, 1.82) is 0 Å². The van der Waals surface area contributed by atoms with Gasteiger partial charge in [0, 0.05) is 13.1 Å². The highest BCUT2D eigenvalue weighted by Gasteiger charge is 2.34. The number of nitrogens with zero attached hydrogens (tertiary/aromatic N) is 1. The third-order valence-electron chi connectivity index (χ3n) is 3.87. The van der Waals surface area contributed by atoms with Crippen LogP contribution >= 0.6 is 0 Å². The zero-order valence-corrected chi connectivity index (χ0v) is 15.8. The molecule has 27 heavy (non-hydrogen) atoms. The Morgan fingerprint density at radius 2 is 1.96 bits per heavy atom. The minimum atomic E-state index is -3.83.